The van der Waals surface area contributed by atoms with Crippen LogP contribution in [-0.4, -0.2) is 30.4 Å². The molecular weight excluding hydrogens is 358 g/mol. The summed E-state index contributed by atoms with van der Waals surface area (Å²) in [5, 5.41) is 6.23. The summed E-state index contributed by atoms with van der Waals surface area (Å²) < 4.78 is 0.931. The fraction of sp³-hybridized carbons (Fsp3) is 0.167. The van der Waals surface area contributed by atoms with Crippen LogP contribution >= 0.6 is 22.9 Å². The van der Waals surface area contributed by atoms with Crippen LogP contribution in [0.5, 0.6) is 0 Å². The maximum atomic E-state index is 11.9. The number of carbonyl (C=O) groups is 2. The SMILES string of the molecule is CNC(=O)CNC(=O)Cc1nc2c(Cl)cc(-c3ccccc3)cc2s1. The minimum atomic E-state index is -0.248. The van der Waals surface area contributed by atoms with Gasteiger partial charge < -0.3 is 10.6 Å². The summed E-state index contributed by atoms with van der Waals surface area (Å²) in [6.07, 6.45) is 0.118. The van der Waals surface area contributed by atoms with Gasteiger partial charge in [0, 0.05) is 7.05 Å². The van der Waals surface area contributed by atoms with Crippen LogP contribution in [-0.2, 0) is 16.0 Å². The maximum absolute atomic E-state index is 11.9. The summed E-state index contributed by atoms with van der Waals surface area (Å²) in [4.78, 5) is 27.6. The van der Waals surface area contributed by atoms with Crippen LogP contribution in [0.15, 0.2) is 42.5 Å². The molecular formula is C18H16ClN3O2S. The second-order valence-electron chi connectivity index (χ2n) is 5.41. The molecule has 0 aliphatic carbocycles. The molecule has 0 fully saturated rings. The van der Waals surface area contributed by atoms with E-state index in [2.05, 4.69) is 15.6 Å². The smallest absolute Gasteiger partial charge is 0.239 e. The Kier molecular flexibility index (Phi) is 5.31. The number of carbonyl (C=O) groups excluding carboxylic acids is 2. The number of benzene rings is 2. The van der Waals surface area contributed by atoms with Crippen molar-refractivity contribution in [1.82, 2.24) is 15.6 Å². The van der Waals surface area contributed by atoms with E-state index in [-0.39, 0.29) is 24.8 Å². The summed E-state index contributed by atoms with van der Waals surface area (Å²) in [5.74, 6) is -0.491. The number of amides is 2. The number of thiazole rings is 1. The molecule has 2 N–H and O–H groups in total. The van der Waals surface area contributed by atoms with Gasteiger partial charge in [-0.25, -0.2) is 4.98 Å². The highest BCUT2D eigenvalue weighted by atomic mass is 35.5. The van der Waals surface area contributed by atoms with Gasteiger partial charge in [0.25, 0.3) is 0 Å². The van der Waals surface area contributed by atoms with Gasteiger partial charge in [-0.3, -0.25) is 9.59 Å². The molecule has 0 unspecified atom stereocenters. The Balaban J connectivity index is 1.81. The Morgan fingerprint density at radius 1 is 1.12 bits per heavy atom. The summed E-state index contributed by atoms with van der Waals surface area (Å²) in [7, 11) is 1.52. The van der Waals surface area contributed by atoms with Crippen LogP contribution in [0.1, 0.15) is 5.01 Å². The van der Waals surface area contributed by atoms with Crippen LogP contribution in [0.4, 0.5) is 0 Å². The number of nitrogens with zero attached hydrogens (tertiary/aromatic N) is 1. The Morgan fingerprint density at radius 2 is 1.88 bits per heavy atom. The lowest BCUT2D eigenvalue weighted by atomic mass is 10.1. The van der Waals surface area contributed by atoms with Crippen LogP contribution < -0.4 is 10.6 Å². The number of likely N-dealkylation sites (N-methyl/N-ethyl adjacent to an activating group) is 1. The summed E-state index contributed by atoms with van der Waals surface area (Å²) in [6.45, 7) is -0.0425. The van der Waals surface area contributed by atoms with E-state index in [4.69, 9.17) is 11.6 Å². The molecule has 7 heteroatoms. The van der Waals surface area contributed by atoms with E-state index in [1.807, 2.05) is 42.5 Å². The molecule has 0 spiro atoms. The van der Waals surface area contributed by atoms with Gasteiger partial charge in [-0.1, -0.05) is 41.9 Å². The van der Waals surface area contributed by atoms with Crippen molar-refractivity contribution >= 4 is 45.0 Å². The highest BCUT2D eigenvalue weighted by molar-refractivity contribution is 7.18. The largest absolute Gasteiger partial charge is 0.358 e. The summed E-state index contributed by atoms with van der Waals surface area (Å²) >= 11 is 7.81. The van der Waals surface area contributed by atoms with Crippen molar-refractivity contribution in [3.05, 3.63) is 52.5 Å². The molecule has 0 aliphatic heterocycles. The number of halogens is 1. The van der Waals surface area contributed by atoms with Crippen LogP contribution in [0, 0.1) is 0 Å². The van der Waals surface area contributed by atoms with Gasteiger partial charge in [0.15, 0.2) is 0 Å². The lowest BCUT2D eigenvalue weighted by molar-refractivity contribution is -0.125. The number of hydrogen-bond acceptors (Lipinski definition) is 4. The van der Waals surface area contributed by atoms with E-state index < -0.39 is 0 Å². The highest BCUT2D eigenvalue weighted by Crippen LogP contribution is 2.33. The van der Waals surface area contributed by atoms with Gasteiger partial charge in [-0.15, -0.1) is 11.3 Å². The predicted molar refractivity (Wildman–Crippen MR) is 101 cm³/mol. The molecule has 0 aliphatic rings. The zero-order valence-corrected chi connectivity index (χ0v) is 15.1. The number of nitrogens with one attached hydrogen (secondary N) is 2. The van der Waals surface area contributed by atoms with Gasteiger partial charge in [0.2, 0.25) is 11.8 Å². The fourth-order valence-electron chi connectivity index (χ4n) is 2.37. The number of rotatable bonds is 5. The number of aromatic nitrogens is 1. The van der Waals surface area contributed by atoms with E-state index in [0.717, 1.165) is 15.8 Å². The van der Waals surface area contributed by atoms with Crippen LogP contribution in [0.25, 0.3) is 21.3 Å². The minimum absolute atomic E-state index is 0.0425. The first-order valence-electron chi connectivity index (χ1n) is 7.68. The quantitative estimate of drug-likeness (QED) is 0.722. The Labute approximate surface area is 154 Å². The minimum Gasteiger partial charge on any atom is -0.358 e. The van der Waals surface area contributed by atoms with E-state index in [9.17, 15) is 9.59 Å². The van der Waals surface area contributed by atoms with Gasteiger partial charge in [0.05, 0.1) is 22.7 Å². The summed E-state index contributed by atoms with van der Waals surface area (Å²) in [5.41, 5.74) is 2.78. The highest BCUT2D eigenvalue weighted by Gasteiger charge is 2.13. The standard InChI is InChI=1S/C18H16ClN3O2S/c1-20-16(24)10-21-15(23)9-17-22-18-13(19)7-12(8-14(18)25-17)11-5-3-2-4-6-11/h2-8H,9-10H2,1H3,(H,20,24)(H,21,23). The maximum Gasteiger partial charge on any atom is 0.239 e. The molecule has 1 aromatic heterocycles. The summed E-state index contributed by atoms with van der Waals surface area (Å²) in [6, 6.07) is 13.9. The van der Waals surface area contributed by atoms with E-state index in [1.54, 1.807) is 0 Å². The molecule has 128 valence electrons. The number of fused-ring (bicyclic) bond motifs is 1. The van der Waals surface area contributed by atoms with Gasteiger partial charge in [0.1, 0.15) is 10.5 Å². The van der Waals surface area contributed by atoms with E-state index >= 15 is 0 Å². The lowest BCUT2D eigenvalue weighted by Gasteiger charge is -2.02. The molecule has 0 saturated heterocycles. The van der Waals surface area contributed by atoms with E-state index in [0.29, 0.717) is 15.5 Å². The first-order valence-corrected chi connectivity index (χ1v) is 8.88. The molecule has 0 atom stereocenters. The molecule has 2 aromatic carbocycles. The van der Waals surface area contributed by atoms with Gasteiger partial charge >= 0.3 is 0 Å². The predicted octanol–water partition coefficient (Wildman–Crippen LogP) is 3.02. The molecule has 25 heavy (non-hydrogen) atoms. The third kappa shape index (κ3) is 4.15. The zero-order chi connectivity index (χ0) is 17.8. The molecule has 3 aromatic rings. The van der Waals surface area contributed by atoms with Crippen molar-refractivity contribution in [1.29, 1.82) is 0 Å². The van der Waals surface area contributed by atoms with Crippen molar-refractivity contribution in [2.45, 2.75) is 6.42 Å². The Hall–Kier alpha value is -2.44. The second kappa shape index (κ2) is 7.63. The van der Waals surface area contributed by atoms with Gasteiger partial charge in [-0.2, -0.15) is 0 Å². The molecule has 3 rings (SSSR count). The fourth-order valence-corrected chi connectivity index (χ4v) is 3.72. The van der Waals surface area contributed by atoms with Gasteiger partial charge in [-0.05, 0) is 23.3 Å². The molecule has 1 heterocycles. The van der Waals surface area contributed by atoms with Crippen LogP contribution in [0.3, 0.4) is 0 Å². The topological polar surface area (TPSA) is 71.1 Å². The Morgan fingerprint density at radius 3 is 2.60 bits per heavy atom. The normalized spacial score (nSPS) is 10.6. The van der Waals surface area contributed by atoms with Crippen molar-refractivity contribution < 1.29 is 9.59 Å². The van der Waals surface area contributed by atoms with Crippen molar-refractivity contribution in [2.75, 3.05) is 13.6 Å². The molecule has 0 saturated carbocycles. The molecule has 0 bridgehead atoms. The molecule has 0 radical (unpaired) electrons. The first-order chi connectivity index (χ1) is 12.1. The van der Waals surface area contributed by atoms with Crippen LogP contribution in [0.2, 0.25) is 5.02 Å². The van der Waals surface area contributed by atoms with Crippen molar-refractivity contribution in [3.63, 3.8) is 0 Å². The van der Waals surface area contributed by atoms with Crippen molar-refractivity contribution in [2.24, 2.45) is 0 Å². The molecule has 5 nitrogen and oxygen atoms in total. The molecule has 2 amide bonds. The third-order valence-corrected chi connectivity index (χ3v) is 4.93. The number of hydrogen-bond donors (Lipinski definition) is 2. The lowest BCUT2D eigenvalue weighted by Crippen LogP contribution is -2.35. The third-order valence-electron chi connectivity index (χ3n) is 3.64. The average molecular weight is 374 g/mol. The van der Waals surface area contributed by atoms with E-state index in [1.165, 1.54) is 18.4 Å². The van der Waals surface area contributed by atoms with Crippen molar-refractivity contribution in [3.8, 4) is 11.1 Å². The average Bonchev–Trinajstić information content (AvgIpc) is 3.03. The zero-order valence-electron chi connectivity index (χ0n) is 13.5. The Bertz CT molecular complexity index is 925. The first kappa shape index (κ1) is 17.4. The second-order valence-corrected chi connectivity index (χ2v) is 6.93. The monoisotopic (exact) mass is 373 g/mol.